The molecule has 0 fully saturated rings. The predicted octanol–water partition coefficient (Wildman–Crippen LogP) is 1.25. The lowest BCUT2D eigenvalue weighted by atomic mass is 10.2. The van der Waals surface area contributed by atoms with Crippen molar-refractivity contribution in [1.29, 1.82) is 0 Å². The molecule has 0 bridgehead atoms. The Balaban J connectivity index is 2.60. The average Bonchev–Trinajstić information content (AvgIpc) is 2.42. The second kappa shape index (κ2) is 5.11. The Bertz CT molecular complexity index is 697. The van der Waals surface area contributed by atoms with Crippen molar-refractivity contribution in [2.24, 2.45) is 0 Å². The number of nitrogens with zero attached hydrogens (tertiary/aromatic N) is 2. The van der Waals surface area contributed by atoms with Gasteiger partial charge in [0, 0.05) is 5.69 Å². The minimum absolute atomic E-state index is 0.0839. The number of rotatable bonds is 2. The molecule has 0 aliphatic rings. The van der Waals surface area contributed by atoms with Gasteiger partial charge in [-0.3, -0.25) is 9.36 Å². The number of hydrogen-bond donors (Lipinski definition) is 1. The number of ether oxygens (including phenoxy) is 1. The summed E-state index contributed by atoms with van der Waals surface area (Å²) in [4.78, 5) is 27.0. The molecule has 1 aromatic carbocycles. The van der Waals surface area contributed by atoms with Crippen LogP contribution in [0.3, 0.4) is 0 Å². The Kier molecular flexibility index (Phi) is 3.52. The predicted molar refractivity (Wildman–Crippen MR) is 70.6 cm³/mol. The summed E-state index contributed by atoms with van der Waals surface area (Å²) in [6.45, 7) is 0. The van der Waals surface area contributed by atoms with Gasteiger partial charge in [0.15, 0.2) is 5.82 Å². The molecule has 0 amide bonds. The van der Waals surface area contributed by atoms with Gasteiger partial charge in [-0.1, -0.05) is 17.7 Å². The summed E-state index contributed by atoms with van der Waals surface area (Å²) < 4.78 is 5.83. The Morgan fingerprint density at radius 2 is 2.21 bits per heavy atom. The van der Waals surface area contributed by atoms with E-state index >= 15 is 0 Å². The highest BCUT2D eigenvalue weighted by Gasteiger charge is 2.10. The number of nitrogen functional groups attached to an aromatic ring is 1. The first-order valence-electron chi connectivity index (χ1n) is 5.26. The smallest absolute Gasteiger partial charge is 0.337 e. The number of carbonyl (C=O) groups excluding carboxylic acids is 1. The lowest BCUT2D eigenvalue weighted by Crippen LogP contribution is -2.22. The molecule has 7 heteroatoms. The van der Waals surface area contributed by atoms with E-state index < -0.39 is 11.5 Å². The Morgan fingerprint density at radius 1 is 1.47 bits per heavy atom. The summed E-state index contributed by atoms with van der Waals surface area (Å²) >= 11 is 5.76. The van der Waals surface area contributed by atoms with Gasteiger partial charge in [-0.2, -0.15) is 0 Å². The Hall–Kier alpha value is -2.34. The topological polar surface area (TPSA) is 87.2 Å². The minimum Gasteiger partial charge on any atom is -0.465 e. The van der Waals surface area contributed by atoms with Crippen LogP contribution in [0, 0.1) is 0 Å². The second-order valence-corrected chi connectivity index (χ2v) is 4.05. The quantitative estimate of drug-likeness (QED) is 0.836. The van der Waals surface area contributed by atoms with Gasteiger partial charge in [-0.15, -0.1) is 0 Å². The van der Waals surface area contributed by atoms with Crippen molar-refractivity contribution in [2.45, 2.75) is 0 Å². The molecular formula is C12H10ClN3O3. The number of methoxy groups -OCH3 is 1. The maximum absolute atomic E-state index is 11.9. The highest BCUT2D eigenvalue weighted by atomic mass is 35.5. The van der Waals surface area contributed by atoms with E-state index in [2.05, 4.69) is 9.72 Å². The molecule has 0 spiro atoms. The van der Waals surface area contributed by atoms with Crippen molar-refractivity contribution in [1.82, 2.24) is 9.55 Å². The van der Waals surface area contributed by atoms with Crippen LogP contribution in [0.4, 0.5) is 5.82 Å². The molecule has 2 aromatic rings. The third-order valence-corrected chi connectivity index (χ3v) is 2.63. The fourth-order valence-electron chi connectivity index (χ4n) is 1.57. The lowest BCUT2D eigenvalue weighted by molar-refractivity contribution is 0.0600. The highest BCUT2D eigenvalue weighted by Crippen LogP contribution is 2.12. The van der Waals surface area contributed by atoms with Gasteiger partial charge in [0.1, 0.15) is 5.15 Å². The van der Waals surface area contributed by atoms with Crippen LogP contribution in [0.1, 0.15) is 10.4 Å². The largest absolute Gasteiger partial charge is 0.465 e. The van der Waals surface area contributed by atoms with Gasteiger partial charge in [-0.25, -0.2) is 9.78 Å². The molecular weight excluding hydrogens is 270 g/mol. The molecule has 98 valence electrons. The first-order valence-corrected chi connectivity index (χ1v) is 5.64. The first-order chi connectivity index (χ1) is 9.02. The summed E-state index contributed by atoms with van der Waals surface area (Å²) in [6, 6.07) is 6.34. The van der Waals surface area contributed by atoms with Gasteiger partial charge in [-0.05, 0) is 18.2 Å². The standard InChI is InChI=1S/C12H10ClN3O3/c1-19-12(18)7-3-2-4-8(5-7)16-6-9(13)15-10(14)11(16)17/h2-6H,1H3,(H2,14,15). The molecule has 0 saturated carbocycles. The summed E-state index contributed by atoms with van der Waals surface area (Å²) in [5.41, 5.74) is 5.72. The molecule has 0 saturated heterocycles. The van der Waals surface area contributed by atoms with Crippen LogP contribution in [0.2, 0.25) is 5.15 Å². The van der Waals surface area contributed by atoms with E-state index in [9.17, 15) is 9.59 Å². The van der Waals surface area contributed by atoms with E-state index in [0.29, 0.717) is 11.3 Å². The maximum atomic E-state index is 11.9. The molecule has 0 radical (unpaired) electrons. The number of benzene rings is 1. The minimum atomic E-state index is -0.508. The molecule has 0 aliphatic carbocycles. The molecule has 6 nitrogen and oxygen atoms in total. The van der Waals surface area contributed by atoms with Crippen molar-refractivity contribution >= 4 is 23.4 Å². The number of esters is 1. The summed E-state index contributed by atoms with van der Waals surface area (Å²) in [7, 11) is 1.28. The molecule has 1 heterocycles. The molecule has 2 N–H and O–H groups in total. The summed E-state index contributed by atoms with van der Waals surface area (Å²) in [6.07, 6.45) is 1.33. The molecule has 2 rings (SSSR count). The van der Waals surface area contributed by atoms with Crippen LogP contribution < -0.4 is 11.3 Å². The summed E-state index contributed by atoms with van der Waals surface area (Å²) in [5.74, 6) is -0.709. The van der Waals surface area contributed by atoms with Crippen LogP contribution in [0.15, 0.2) is 35.3 Å². The van der Waals surface area contributed by atoms with E-state index in [0.717, 1.165) is 0 Å². The zero-order valence-corrected chi connectivity index (χ0v) is 10.7. The van der Waals surface area contributed by atoms with Crippen LogP contribution in [0.5, 0.6) is 0 Å². The third kappa shape index (κ3) is 2.58. The lowest BCUT2D eigenvalue weighted by Gasteiger charge is -2.08. The second-order valence-electron chi connectivity index (χ2n) is 3.67. The van der Waals surface area contributed by atoms with E-state index in [4.69, 9.17) is 17.3 Å². The number of nitrogens with two attached hydrogens (primary N) is 1. The van der Waals surface area contributed by atoms with E-state index in [-0.39, 0.29) is 11.0 Å². The Labute approximate surface area is 113 Å². The third-order valence-electron chi connectivity index (χ3n) is 2.45. The summed E-state index contributed by atoms with van der Waals surface area (Å²) in [5, 5.41) is 0.0839. The van der Waals surface area contributed by atoms with Gasteiger partial charge in [0.05, 0.1) is 18.9 Å². The molecule has 1 aromatic heterocycles. The fraction of sp³-hybridized carbons (Fsp3) is 0.0833. The van der Waals surface area contributed by atoms with Crippen molar-refractivity contribution < 1.29 is 9.53 Å². The first kappa shape index (κ1) is 13.1. The van der Waals surface area contributed by atoms with E-state index in [1.54, 1.807) is 18.2 Å². The van der Waals surface area contributed by atoms with Crippen LogP contribution >= 0.6 is 11.6 Å². The molecule has 0 aliphatic heterocycles. The monoisotopic (exact) mass is 279 g/mol. The van der Waals surface area contributed by atoms with Gasteiger partial charge < -0.3 is 10.5 Å². The maximum Gasteiger partial charge on any atom is 0.337 e. The van der Waals surface area contributed by atoms with Crippen molar-refractivity contribution in [3.8, 4) is 5.69 Å². The zero-order chi connectivity index (χ0) is 14.0. The van der Waals surface area contributed by atoms with Gasteiger partial charge in [0.25, 0.3) is 5.56 Å². The Morgan fingerprint density at radius 3 is 2.89 bits per heavy atom. The van der Waals surface area contributed by atoms with Crippen LogP contribution in [-0.4, -0.2) is 22.6 Å². The SMILES string of the molecule is COC(=O)c1cccc(-n2cc(Cl)nc(N)c2=O)c1. The van der Waals surface area contributed by atoms with Crippen molar-refractivity contribution in [3.05, 3.63) is 51.5 Å². The van der Waals surface area contributed by atoms with Gasteiger partial charge in [0.2, 0.25) is 0 Å². The number of aromatic nitrogens is 2. The molecule has 0 atom stereocenters. The number of halogens is 1. The van der Waals surface area contributed by atoms with Crippen LogP contribution in [-0.2, 0) is 4.74 Å². The number of carbonyl (C=O) groups is 1. The van der Waals surface area contributed by atoms with E-state index in [1.807, 2.05) is 0 Å². The fourth-order valence-corrected chi connectivity index (χ4v) is 1.76. The van der Waals surface area contributed by atoms with Crippen molar-refractivity contribution in [2.75, 3.05) is 12.8 Å². The average molecular weight is 280 g/mol. The van der Waals surface area contributed by atoms with Crippen LogP contribution in [0.25, 0.3) is 5.69 Å². The number of hydrogen-bond acceptors (Lipinski definition) is 5. The van der Waals surface area contributed by atoms with Crippen molar-refractivity contribution in [3.63, 3.8) is 0 Å². The van der Waals surface area contributed by atoms with Gasteiger partial charge >= 0.3 is 5.97 Å². The normalized spacial score (nSPS) is 10.2. The number of anilines is 1. The highest BCUT2D eigenvalue weighted by molar-refractivity contribution is 6.29. The molecule has 0 unspecified atom stereocenters. The molecule has 19 heavy (non-hydrogen) atoms. The van der Waals surface area contributed by atoms with E-state index in [1.165, 1.54) is 23.9 Å². The zero-order valence-electron chi connectivity index (χ0n) is 9.96.